The van der Waals surface area contributed by atoms with Crippen molar-refractivity contribution in [2.24, 2.45) is 0 Å². The van der Waals surface area contributed by atoms with Crippen LogP contribution in [0.3, 0.4) is 0 Å². The molecule has 0 amide bonds. The number of hydrogen-bond acceptors (Lipinski definition) is 9. The monoisotopic (exact) mass is 486 g/mol. The van der Waals surface area contributed by atoms with Gasteiger partial charge in [-0.2, -0.15) is 4.98 Å². The van der Waals surface area contributed by atoms with Crippen LogP contribution in [0.4, 0.5) is 11.6 Å². The van der Waals surface area contributed by atoms with Crippen LogP contribution in [0.5, 0.6) is 5.75 Å². The summed E-state index contributed by atoms with van der Waals surface area (Å²) in [6.07, 6.45) is 2.54. The molecule has 10 nitrogen and oxygen atoms in total. The van der Waals surface area contributed by atoms with Crippen LogP contribution in [-0.2, 0) is 13.0 Å². The maximum Gasteiger partial charge on any atom is 0.335 e. The van der Waals surface area contributed by atoms with E-state index < -0.39 is 5.69 Å². The van der Waals surface area contributed by atoms with Crippen molar-refractivity contribution in [2.45, 2.75) is 13.0 Å². The number of H-pyrrole nitrogens is 1. The number of fused-ring (bicyclic) bond motifs is 3. The molecule has 4 heterocycles. The van der Waals surface area contributed by atoms with Crippen LogP contribution in [-0.4, -0.2) is 50.1 Å². The van der Waals surface area contributed by atoms with Crippen molar-refractivity contribution in [3.05, 3.63) is 69.7 Å². The second kappa shape index (κ2) is 8.29. The predicted molar refractivity (Wildman–Crippen MR) is 135 cm³/mol. The van der Waals surface area contributed by atoms with Gasteiger partial charge in [-0.05, 0) is 48.9 Å². The number of hydrogen-bond donors (Lipinski definition) is 3. The molecule has 0 unspecified atom stereocenters. The van der Waals surface area contributed by atoms with Crippen LogP contribution in [0.2, 0.25) is 0 Å². The van der Waals surface area contributed by atoms with Gasteiger partial charge in [-0.3, -0.25) is 10.4 Å². The number of para-hydroxylation sites is 1. The van der Waals surface area contributed by atoms with Crippen molar-refractivity contribution in [3.8, 4) is 10.9 Å². The molecule has 35 heavy (non-hydrogen) atoms. The Labute approximate surface area is 203 Å². The van der Waals surface area contributed by atoms with Crippen LogP contribution in [0, 0.1) is 5.41 Å². The quantitative estimate of drug-likeness (QED) is 0.357. The Morgan fingerprint density at radius 1 is 1.20 bits per heavy atom. The Morgan fingerprint density at radius 2 is 2.09 bits per heavy atom. The van der Waals surface area contributed by atoms with E-state index in [9.17, 15) is 4.79 Å². The minimum atomic E-state index is -0.497. The first-order chi connectivity index (χ1) is 17.0. The first-order valence-electron chi connectivity index (χ1n) is 11.1. The molecule has 5 aromatic rings. The molecule has 0 saturated heterocycles. The number of anilines is 2. The fourth-order valence-corrected chi connectivity index (χ4v) is 5.33. The summed E-state index contributed by atoms with van der Waals surface area (Å²) in [6, 6.07) is 11.8. The summed E-state index contributed by atoms with van der Waals surface area (Å²) in [4.78, 5) is 31.5. The Morgan fingerprint density at radius 3 is 2.94 bits per heavy atom. The normalized spacial score (nSPS) is 13.8. The molecule has 0 radical (unpaired) electrons. The highest BCUT2D eigenvalue weighted by Crippen LogP contribution is 2.30. The maximum absolute atomic E-state index is 13.0. The number of ether oxygens (including phenoxy) is 1. The van der Waals surface area contributed by atoms with E-state index >= 15 is 0 Å². The highest BCUT2D eigenvalue weighted by Gasteiger charge is 2.16. The number of aromatic nitrogens is 5. The molecular formula is C24H22N8O2S. The molecule has 0 aliphatic carbocycles. The highest BCUT2D eigenvalue weighted by atomic mass is 32.1. The molecule has 0 bridgehead atoms. The van der Waals surface area contributed by atoms with E-state index in [1.165, 1.54) is 27.0 Å². The lowest BCUT2D eigenvalue weighted by Gasteiger charge is -2.25. The third-order valence-corrected chi connectivity index (χ3v) is 7.15. The van der Waals surface area contributed by atoms with Crippen LogP contribution >= 0.6 is 11.3 Å². The summed E-state index contributed by atoms with van der Waals surface area (Å²) in [5.41, 5.74) is 3.92. The van der Waals surface area contributed by atoms with E-state index in [1.807, 2.05) is 24.3 Å². The molecule has 2 aromatic carbocycles. The van der Waals surface area contributed by atoms with Crippen LogP contribution in [0.15, 0.2) is 47.4 Å². The molecule has 0 spiro atoms. The number of likely N-dealkylation sites (N-methyl/N-ethyl adjacent to an activating group) is 1. The van der Waals surface area contributed by atoms with Crippen molar-refractivity contribution < 1.29 is 4.74 Å². The lowest BCUT2D eigenvalue weighted by molar-refractivity contribution is 0.313. The van der Waals surface area contributed by atoms with Gasteiger partial charge in [0.25, 0.3) is 0 Å². The molecule has 11 heteroatoms. The highest BCUT2D eigenvalue weighted by molar-refractivity contribution is 7.20. The molecule has 3 N–H and O–H groups in total. The van der Waals surface area contributed by atoms with Gasteiger partial charge in [0.1, 0.15) is 16.8 Å². The fourth-order valence-electron chi connectivity index (χ4n) is 4.35. The molecule has 1 aliphatic rings. The Balaban J connectivity index is 1.37. The first kappa shape index (κ1) is 21.4. The first-order valence-corrected chi connectivity index (χ1v) is 11.9. The van der Waals surface area contributed by atoms with Crippen molar-refractivity contribution in [1.82, 2.24) is 29.4 Å². The predicted octanol–water partition coefficient (Wildman–Crippen LogP) is 2.94. The molecule has 0 saturated carbocycles. The Bertz CT molecular complexity index is 1720. The standard InChI is InChI=1S/C24H22N8O2S/c1-31-9-8-13-10-15(7-6-14(13)12-31)27-22-26-11-16-20(25)32(23(33)30-21(16)29-22)24-28-19-17(34-2)4-3-5-18(19)35-24/h3-7,10-11,25H,8-9,12H2,1-2H3,(H2,26,27,29,30,33). The number of benzene rings is 2. The fraction of sp³-hybridized carbons (Fsp3) is 0.208. The summed E-state index contributed by atoms with van der Waals surface area (Å²) in [7, 11) is 3.70. The number of thiazole rings is 1. The minimum absolute atomic E-state index is 0.0359. The molecule has 3 aromatic heterocycles. The summed E-state index contributed by atoms with van der Waals surface area (Å²) in [5, 5.41) is 12.7. The van der Waals surface area contributed by atoms with Crippen LogP contribution < -0.4 is 21.2 Å². The number of methoxy groups -OCH3 is 1. The van der Waals surface area contributed by atoms with Gasteiger partial charge in [-0.1, -0.05) is 23.5 Å². The van der Waals surface area contributed by atoms with Gasteiger partial charge < -0.3 is 15.0 Å². The zero-order valence-corrected chi connectivity index (χ0v) is 19.9. The van der Waals surface area contributed by atoms with E-state index in [1.54, 1.807) is 13.3 Å². The SMILES string of the molecule is COc1cccc2sc(-n3c(=O)[nH]c4nc(Nc5ccc6c(c5)CCN(C)C6)ncc4c3=N)nc12. The number of nitrogens with zero attached hydrogens (tertiary/aromatic N) is 5. The minimum Gasteiger partial charge on any atom is -0.494 e. The number of nitrogens with one attached hydrogen (secondary N) is 3. The average molecular weight is 487 g/mol. The van der Waals surface area contributed by atoms with E-state index in [-0.39, 0.29) is 11.1 Å². The lowest BCUT2D eigenvalue weighted by Crippen LogP contribution is -2.34. The second-order valence-electron chi connectivity index (χ2n) is 8.47. The largest absolute Gasteiger partial charge is 0.494 e. The van der Waals surface area contributed by atoms with Crippen molar-refractivity contribution in [2.75, 3.05) is 26.0 Å². The summed E-state index contributed by atoms with van der Waals surface area (Å²) >= 11 is 1.31. The molecular weight excluding hydrogens is 464 g/mol. The van der Waals surface area contributed by atoms with Crippen molar-refractivity contribution in [3.63, 3.8) is 0 Å². The van der Waals surface area contributed by atoms with Gasteiger partial charge in [0, 0.05) is 25.0 Å². The zero-order valence-electron chi connectivity index (χ0n) is 19.1. The number of aromatic amines is 1. The molecule has 6 rings (SSSR count). The molecule has 0 atom stereocenters. The third-order valence-electron chi connectivity index (χ3n) is 6.14. The molecule has 1 aliphatic heterocycles. The third kappa shape index (κ3) is 3.74. The smallest absolute Gasteiger partial charge is 0.335 e. The van der Waals surface area contributed by atoms with E-state index in [0.717, 1.165) is 29.9 Å². The van der Waals surface area contributed by atoms with Crippen LogP contribution in [0.25, 0.3) is 26.4 Å². The average Bonchev–Trinajstić information content (AvgIpc) is 3.28. The Kier molecular flexibility index (Phi) is 5.08. The zero-order chi connectivity index (χ0) is 24.1. The van der Waals surface area contributed by atoms with Gasteiger partial charge in [-0.25, -0.2) is 19.3 Å². The van der Waals surface area contributed by atoms with Crippen molar-refractivity contribution >= 4 is 44.2 Å². The van der Waals surface area contributed by atoms with Gasteiger partial charge in [0.2, 0.25) is 11.1 Å². The molecule has 0 fully saturated rings. The topological polar surface area (TPSA) is 125 Å². The van der Waals surface area contributed by atoms with Crippen molar-refractivity contribution in [1.29, 1.82) is 5.41 Å². The van der Waals surface area contributed by atoms with Gasteiger partial charge >= 0.3 is 5.69 Å². The van der Waals surface area contributed by atoms with Crippen LogP contribution in [0.1, 0.15) is 11.1 Å². The number of rotatable bonds is 4. The van der Waals surface area contributed by atoms with E-state index in [4.69, 9.17) is 10.1 Å². The van der Waals surface area contributed by atoms with Gasteiger partial charge in [0.05, 0.1) is 17.2 Å². The second-order valence-corrected chi connectivity index (χ2v) is 9.48. The molecule has 176 valence electrons. The van der Waals surface area contributed by atoms with E-state index in [2.05, 4.69) is 49.3 Å². The summed E-state index contributed by atoms with van der Waals surface area (Å²) in [5.74, 6) is 0.963. The maximum atomic E-state index is 13.0. The van der Waals surface area contributed by atoms with Gasteiger partial charge in [-0.15, -0.1) is 0 Å². The lowest BCUT2D eigenvalue weighted by atomic mass is 9.99. The Hall–Kier alpha value is -4.09. The van der Waals surface area contributed by atoms with Gasteiger partial charge in [0.15, 0.2) is 5.65 Å². The summed E-state index contributed by atoms with van der Waals surface area (Å²) < 4.78 is 7.46. The summed E-state index contributed by atoms with van der Waals surface area (Å²) in [6.45, 7) is 1.97. The van der Waals surface area contributed by atoms with E-state index in [0.29, 0.717) is 27.7 Å².